The molecule has 0 heterocycles. The van der Waals surface area contributed by atoms with Crippen molar-refractivity contribution in [1.82, 2.24) is 10.2 Å². The van der Waals surface area contributed by atoms with Crippen LogP contribution in [-0.4, -0.2) is 53.3 Å². The second kappa shape index (κ2) is 6.92. The Labute approximate surface area is 120 Å². The number of alkyl carbamates (subject to hydrolysis) is 1. The van der Waals surface area contributed by atoms with Crippen LogP contribution in [0.2, 0.25) is 0 Å². The number of rotatable bonds is 4. The topological polar surface area (TPSA) is 78.9 Å². The van der Waals surface area contributed by atoms with Gasteiger partial charge < -0.3 is 15.2 Å². The lowest BCUT2D eigenvalue weighted by Crippen LogP contribution is -2.53. The summed E-state index contributed by atoms with van der Waals surface area (Å²) in [7, 11) is 1.79. The first-order valence-electron chi connectivity index (χ1n) is 7.10. The second-order valence-corrected chi connectivity index (χ2v) is 6.41. The molecule has 1 rings (SSSR count). The lowest BCUT2D eigenvalue weighted by atomic mass is 9.89. The van der Waals surface area contributed by atoms with Crippen LogP contribution in [-0.2, 0) is 9.53 Å². The number of amides is 1. The van der Waals surface area contributed by atoms with Crippen LogP contribution in [0.3, 0.4) is 0 Å². The molecule has 0 radical (unpaired) electrons. The van der Waals surface area contributed by atoms with Gasteiger partial charge in [0.05, 0.1) is 6.54 Å². The molecule has 20 heavy (non-hydrogen) atoms. The average Bonchev–Trinajstić information content (AvgIpc) is 2.25. The Morgan fingerprint density at radius 1 is 1.30 bits per heavy atom. The number of ether oxygens (including phenoxy) is 1. The molecule has 1 fully saturated rings. The minimum absolute atomic E-state index is 0.0167. The summed E-state index contributed by atoms with van der Waals surface area (Å²) in [6.45, 7) is 5.45. The van der Waals surface area contributed by atoms with Crippen molar-refractivity contribution in [3.63, 3.8) is 0 Å². The quantitative estimate of drug-likeness (QED) is 0.824. The number of aliphatic carboxylic acids is 1. The first-order valence-corrected chi connectivity index (χ1v) is 7.10. The van der Waals surface area contributed by atoms with Gasteiger partial charge in [0.15, 0.2) is 0 Å². The molecule has 1 aliphatic carbocycles. The van der Waals surface area contributed by atoms with E-state index in [0.717, 1.165) is 25.7 Å². The number of carboxylic acid groups (broad SMARTS) is 1. The highest BCUT2D eigenvalue weighted by Crippen LogP contribution is 2.23. The molecule has 1 amide bonds. The first-order chi connectivity index (χ1) is 9.19. The van der Waals surface area contributed by atoms with Gasteiger partial charge in [-0.3, -0.25) is 9.69 Å². The van der Waals surface area contributed by atoms with E-state index in [1.54, 1.807) is 11.9 Å². The monoisotopic (exact) mass is 286 g/mol. The molecule has 0 saturated heterocycles. The third-order valence-corrected chi connectivity index (χ3v) is 3.38. The Kier molecular flexibility index (Phi) is 5.80. The molecule has 0 aromatic carbocycles. The van der Waals surface area contributed by atoms with E-state index in [1.165, 1.54) is 0 Å². The molecule has 0 aromatic heterocycles. The Balaban J connectivity index is 2.60. The standard InChI is InChI=1S/C14H26N2O4/c1-14(2,3)20-13(19)15-10-7-5-6-8-11(10)16(4)9-12(17)18/h10-11H,5-9H2,1-4H3,(H,15,19)(H,17,18). The molecular weight excluding hydrogens is 260 g/mol. The Bertz CT molecular complexity index is 352. The van der Waals surface area contributed by atoms with E-state index >= 15 is 0 Å². The van der Waals surface area contributed by atoms with Gasteiger partial charge >= 0.3 is 12.1 Å². The highest BCUT2D eigenvalue weighted by atomic mass is 16.6. The first kappa shape index (κ1) is 16.8. The van der Waals surface area contributed by atoms with Crippen molar-refractivity contribution < 1.29 is 19.4 Å². The van der Waals surface area contributed by atoms with Gasteiger partial charge in [0.25, 0.3) is 0 Å². The molecule has 1 saturated carbocycles. The van der Waals surface area contributed by atoms with Gasteiger partial charge in [-0.15, -0.1) is 0 Å². The van der Waals surface area contributed by atoms with Crippen molar-refractivity contribution in [1.29, 1.82) is 0 Å². The minimum Gasteiger partial charge on any atom is -0.480 e. The Hall–Kier alpha value is -1.30. The largest absolute Gasteiger partial charge is 0.480 e. The molecule has 0 aromatic rings. The summed E-state index contributed by atoms with van der Waals surface area (Å²) in [4.78, 5) is 24.5. The van der Waals surface area contributed by atoms with Crippen LogP contribution in [0.1, 0.15) is 46.5 Å². The average molecular weight is 286 g/mol. The van der Waals surface area contributed by atoms with Gasteiger partial charge in [-0.25, -0.2) is 4.79 Å². The third-order valence-electron chi connectivity index (χ3n) is 3.38. The SMILES string of the molecule is CN(CC(=O)O)C1CCCCC1NC(=O)OC(C)(C)C. The third kappa shape index (κ3) is 5.77. The predicted octanol–water partition coefficient (Wildman–Crippen LogP) is 1.84. The van der Waals surface area contributed by atoms with Gasteiger partial charge in [0.1, 0.15) is 5.60 Å². The molecule has 2 atom stereocenters. The second-order valence-electron chi connectivity index (χ2n) is 6.41. The van der Waals surface area contributed by atoms with E-state index < -0.39 is 17.7 Å². The predicted molar refractivity (Wildman–Crippen MR) is 75.7 cm³/mol. The number of likely N-dealkylation sites (N-methyl/N-ethyl adjacent to an activating group) is 1. The van der Waals surface area contributed by atoms with Crippen molar-refractivity contribution in [2.75, 3.05) is 13.6 Å². The van der Waals surface area contributed by atoms with Crippen LogP contribution >= 0.6 is 0 Å². The smallest absolute Gasteiger partial charge is 0.407 e. The molecule has 6 heteroatoms. The minimum atomic E-state index is -0.853. The maximum absolute atomic E-state index is 11.8. The van der Waals surface area contributed by atoms with E-state index in [-0.39, 0.29) is 18.6 Å². The number of carbonyl (C=O) groups is 2. The fourth-order valence-corrected chi connectivity index (χ4v) is 2.60. The summed E-state index contributed by atoms with van der Waals surface area (Å²) in [5.41, 5.74) is -0.527. The van der Waals surface area contributed by atoms with Crippen molar-refractivity contribution in [3.8, 4) is 0 Å². The number of hydrogen-bond acceptors (Lipinski definition) is 4. The fourth-order valence-electron chi connectivity index (χ4n) is 2.60. The zero-order valence-corrected chi connectivity index (χ0v) is 12.8. The van der Waals surface area contributed by atoms with E-state index in [9.17, 15) is 9.59 Å². The fraction of sp³-hybridized carbons (Fsp3) is 0.857. The molecule has 0 aliphatic heterocycles. The number of nitrogens with zero attached hydrogens (tertiary/aromatic N) is 1. The Morgan fingerprint density at radius 2 is 1.90 bits per heavy atom. The van der Waals surface area contributed by atoms with E-state index in [1.807, 2.05) is 20.8 Å². The number of carbonyl (C=O) groups excluding carboxylic acids is 1. The number of nitrogens with one attached hydrogen (secondary N) is 1. The summed E-state index contributed by atoms with van der Waals surface area (Å²) >= 11 is 0. The molecule has 116 valence electrons. The molecule has 2 unspecified atom stereocenters. The highest BCUT2D eigenvalue weighted by Gasteiger charge is 2.31. The zero-order chi connectivity index (χ0) is 15.3. The lowest BCUT2D eigenvalue weighted by Gasteiger charge is -2.37. The maximum atomic E-state index is 11.8. The van der Waals surface area contributed by atoms with Crippen molar-refractivity contribution >= 4 is 12.1 Å². The highest BCUT2D eigenvalue weighted by molar-refractivity contribution is 5.69. The summed E-state index contributed by atoms with van der Waals surface area (Å²) in [6.07, 6.45) is 3.41. The van der Waals surface area contributed by atoms with Gasteiger partial charge in [-0.1, -0.05) is 12.8 Å². The number of carboxylic acids is 1. The zero-order valence-electron chi connectivity index (χ0n) is 12.8. The van der Waals surface area contributed by atoms with Crippen molar-refractivity contribution in [3.05, 3.63) is 0 Å². The summed E-state index contributed by atoms with van der Waals surface area (Å²) in [5.74, 6) is -0.853. The lowest BCUT2D eigenvalue weighted by molar-refractivity contribution is -0.138. The van der Waals surface area contributed by atoms with E-state index in [2.05, 4.69) is 5.32 Å². The van der Waals surface area contributed by atoms with E-state index in [4.69, 9.17) is 9.84 Å². The maximum Gasteiger partial charge on any atom is 0.407 e. The molecule has 0 bridgehead atoms. The van der Waals surface area contributed by atoms with Crippen LogP contribution in [0.4, 0.5) is 4.79 Å². The van der Waals surface area contributed by atoms with Crippen molar-refractivity contribution in [2.24, 2.45) is 0 Å². The van der Waals surface area contributed by atoms with Gasteiger partial charge in [-0.05, 0) is 40.7 Å². The van der Waals surface area contributed by atoms with Gasteiger partial charge in [0.2, 0.25) is 0 Å². The Morgan fingerprint density at radius 3 is 2.45 bits per heavy atom. The molecule has 6 nitrogen and oxygen atoms in total. The van der Waals surface area contributed by atoms with Crippen LogP contribution in [0.25, 0.3) is 0 Å². The van der Waals surface area contributed by atoms with Gasteiger partial charge in [0, 0.05) is 12.1 Å². The molecule has 1 aliphatic rings. The van der Waals surface area contributed by atoms with Gasteiger partial charge in [-0.2, -0.15) is 0 Å². The van der Waals surface area contributed by atoms with E-state index in [0.29, 0.717) is 0 Å². The number of hydrogen-bond donors (Lipinski definition) is 2. The molecular formula is C14H26N2O4. The van der Waals surface area contributed by atoms with Crippen LogP contribution in [0.5, 0.6) is 0 Å². The van der Waals surface area contributed by atoms with Crippen LogP contribution in [0.15, 0.2) is 0 Å². The molecule has 2 N–H and O–H groups in total. The summed E-state index contributed by atoms with van der Waals surface area (Å²) in [6, 6.07) is -0.00433. The normalized spacial score (nSPS) is 23.4. The van der Waals surface area contributed by atoms with Crippen molar-refractivity contribution in [2.45, 2.75) is 64.1 Å². The summed E-state index contributed by atoms with van der Waals surface area (Å²) < 4.78 is 5.26. The molecule has 0 spiro atoms. The summed E-state index contributed by atoms with van der Waals surface area (Å²) in [5, 5.41) is 11.8. The van der Waals surface area contributed by atoms with Crippen LogP contribution < -0.4 is 5.32 Å². The van der Waals surface area contributed by atoms with Crippen LogP contribution in [0, 0.1) is 0 Å².